The highest BCUT2D eigenvalue weighted by Gasteiger charge is 2.32. The molecule has 2 fully saturated rings. The van der Waals surface area contributed by atoms with Crippen molar-refractivity contribution in [2.45, 2.75) is 18.9 Å². The van der Waals surface area contributed by atoms with Gasteiger partial charge in [0.05, 0.1) is 12.1 Å². The van der Waals surface area contributed by atoms with Crippen LogP contribution in [0.3, 0.4) is 0 Å². The lowest BCUT2D eigenvalue weighted by Gasteiger charge is -2.41. The number of halogens is 1. The zero-order valence-corrected chi connectivity index (χ0v) is 14.4. The summed E-state index contributed by atoms with van der Waals surface area (Å²) in [5, 5.41) is 13.0. The Bertz CT molecular complexity index is 623. The van der Waals surface area contributed by atoms with Crippen LogP contribution >= 0.6 is 15.9 Å². The van der Waals surface area contributed by atoms with Gasteiger partial charge in [0, 0.05) is 36.7 Å². The van der Waals surface area contributed by atoms with Crippen molar-refractivity contribution < 1.29 is 14.7 Å². The Hall–Kier alpha value is -1.60. The Morgan fingerprint density at radius 1 is 1.35 bits per heavy atom. The maximum absolute atomic E-state index is 12.7. The summed E-state index contributed by atoms with van der Waals surface area (Å²) in [6, 6.07) is 4.91. The summed E-state index contributed by atoms with van der Waals surface area (Å²) in [5.41, 5.74) is 0.298. The van der Waals surface area contributed by atoms with Gasteiger partial charge in [-0.1, -0.05) is 15.9 Å². The van der Waals surface area contributed by atoms with E-state index in [9.17, 15) is 14.7 Å². The van der Waals surface area contributed by atoms with E-state index in [1.54, 1.807) is 17.0 Å². The number of phenolic OH excluding ortho intramolecular Hbond substituents is 1. The molecule has 2 heterocycles. The van der Waals surface area contributed by atoms with Gasteiger partial charge in [-0.2, -0.15) is 0 Å². The van der Waals surface area contributed by atoms with E-state index in [-0.39, 0.29) is 23.6 Å². The standard InChI is InChI=1S/C16H20BrN3O3/c17-11-3-4-14(21)13(8-11)16(23)19-6-1-2-12(10-19)20-7-5-18-9-15(20)22/h3-4,8,12,18,21H,1-2,5-7,9-10H2. The highest BCUT2D eigenvalue weighted by Crippen LogP contribution is 2.25. The summed E-state index contributed by atoms with van der Waals surface area (Å²) in [7, 11) is 0. The monoisotopic (exact) mass is 381 g/mol. The molecule has 1 atom stereocenters. The fourth-order valence-electron chi connectivity index (χ4n) is 3.25. The summed E-state index contributed by atoms with van der Waals surface area (Å²) in [5.74, 6) is -0.101. The lowest BCUT2D eigenvalue weighted by atomic mass is 10.0. The van der Waals surface area contributed by atoms with Gasteiger partial charge in [-0.15, -0.1) is 0 Å². The van der Waals surface area contributed by atoms with E-state index >= 15 is 0 Å². The second-order valence-electron chi connectivity index (χ2n) is 5.97. The third-order valence-corrected chi connectivity index (χ3v) is 4.93. The Morgan fingerprint density at radius 3 is 2.96 bits per heavy atom. The van der Waals surface area contributed by atoms with Crippen LogP contribution in [0.5, 0.6) is 5.75 Å². The topological polar surface area (TPSA) is 72.9 Å². The molecule has 2 saturated heterocycles. The summed E-state index contributed by atoms with van der Waals surface area (Å²) in [6.07, 6.45) is 1.78. The lowest BCUT2D eigenvalue weighted by molar-refractivity contribution is -0.135. The molecule has 2 aliphatic rings. The molecule has 1 aromatic rings. The second kappa shape index (κ2) is 6.88. The van der Waals surface area contributed by atoms with Crippen molar-refractivity contribution in [1.29, 1.82) is 0 Å². The summed E-state index contributed by atoms with van der Waals surface area (Å²) in [6.45, 7) is 3.03. The molecule has 0 bridgehead atoms. The third kappa shape index (κ3) is 3.50. The van der Waals surface area contributed by atoms with E-state index in [0.29, 0.717) is 31.7 Å². The van der Waals surface area contributed by atoms with Crippen molar-refractivity contribution in [3.8, 4) is 5.75 Å². The number of aromatic hydroxyl groups is 1. The molecule has 0 aromatic heterocycles. The Morgan fingerprint density at radius 2 is 2.17 bits per heavy atom. The Balaban J connectivity index is 1.74. The van der Waals surface area contributed by atoms with Crippen LogP contribution in [-0.2, 0) is 4.79 Å². The van der Waals surface area contributed by atoms with Crippen LogP contribution in [0.25, 0.3) is 0 Å². The second-order valence-corrected chi connectivity index (χ2v) is 6.89. The molecule has 0 aliphatic carbocycles. The molecule has 2 N–H and O–H groups in total. The summed E-state index contributed by atoms with van der Waals surface area (Å²) < 4.78 is 0.754. The average molecular weight is 382 g/mol. The first kappa shape index (κ1) is 16.3. The van der Waals surface area contributed by atoms with Gasteiger partial charge in [-0.25, -0.2) is 0 Å². The van der Waals surface area contributed by atoms with Crippen molar-refractivity contribution in [3.63, 3.8) is 0 Å². The van der Waals surface area contributed by atoms with Crippen LogP contribution in [0.15, 0.2) is 22.7 Å². The zero-order valence-electron chi connectivity index (χ0n) is 12.8. The number of benzene rings is 1. The number of piperidine rings is 1. The van der Waals surface area contributed by atoms with Gasteiger partial charge < -0.3 is 20.2 Å². The number of hydrogen-bond acceptors (Lipinski definition) is 4. The van der Waals surface area contributed by atoms with Gasteiger partial charge in [0.15, 0.2) is 0 Å². The van der Waals surface area contributed by atoms with Gasteiger partial charge in [-0.05, 0) is 31.0 Å². The van der Waals surface area contributed by atoms with Crippen molar-refractivity contribution >= 4 is 27.7 Å². The normalized spacial score (nSPS) is 22.3. The molecule has 2 amide bonds. The first-order valence-corrected chi connectivity index (χ1v) is 8.63. The number of likely N-dealkylation sites (tertiary alicyclic amines) is 1. The zero-order chi connectivity index (χ0) is 16.4. The lowest BCUT2D eigenvalue weighted by Crippen LogP contribution is -2.57. The average Bonchev–Trinajstić information content (AvgIpc) is 2.57. The fraction of sp³-hybridized carbons (Fsp3) is 0.500. The van der Waals surface area contributed by atoms with E-state index < -0.39 is 0 Å². The molecule has 124 valence electrons. The number of carbonyl (C=O) groups is 2. The van der Waals surface area contributed by atoms with Crippen LogP contribution in [-0.4, -0.2) is 65.5 Å². The molecule has 0 saturated carbocycles. The minimum Gasteiger partial charge on any atom is -0.507 e. The number of piperazine rings is 1. The molecule has 0 spiro atoms. The highest BCUT2D eigenvalue weighted by atomic mass is 79.9. The van der Waals surface area contributed by atoms with Crippen LogP contribution in [0.2, 0.25) is 0 Å². The van der Waals surface area contributed by atoms with E-state index in [1.165, 1.54) is 6.07 Å². The van der Waals surface area contributed by atoms with E-state index in [2.05, 4.69) is 21.2 Å². The van der Waals surface area contributed by atoms with E-state index in [0.717, 1.165) is 23.9 Å². The van der Waals surface area contributed by atoms with Gasteiger partial charge in [0.2, 0.25) is 5.91 Å². The molecular weight excluding hydrogens is 362 g/mol. The van der Waals surface area contributed by atoms with Crippen LogP contribution in [0.1, 0.15) is 23.2 Å². The maximum Gasteiger partial charge on any atom is 0.257 e. The Labute approximate surface area is 143 Å². The van der Waals surface area contributed by atoms with Crippen molar-refractivity contribution in [3.05, 3.63) is 28.2 Å². The van der Waals surface area contributed by atoms with Crippen molar-refractivity contribution in [1.82, 2.24) is 15.1 Å². The first-order valence-electron chi connectivity index (χ1n) is 7.84. The molecule has 0 radical (unpaired) electrons. The van der Waals surface area contributed by atoms with Crippen LogP contribution in [0, 0.1) is 0 Å². The first-order chi connectivity index (χ1) is 11.1. The van der Waals surface area contributed by atoms with Gasteiger partial charge >= 0.3 is 0 Å². The van der Waals surface area contributed by atoms with E-state index in [1.807, 2.05) is 4.90 Å². The minimum absolute atomic E-state index is 0.0152. The fourth-order valence-corrected chi connectivity index (χ4v) is 3.61. The van der Waals surface area contributed by atoms with E-state index in [4.69, 9.17) is 0 Å². The summed E-state index contributed by atoms with van der Waals surface area (Å²) in [4.78, 5) is 28.4. The number of hydrogen-bond donors (Lipinski definition) is 2. The Kier molecular flexibility index (Phi) is 4.87. The van der Waals surface area contributed by atoms with Crippen LogP contribution in [0.4, 0.5) is 0 Å². The number of phenols is 1. The number of carbonyl (C=O) groups excluding carboxylic acids is 2. The molecule has 1 unspecified atom stereocenters. The SMILES string of the molecule is O=C(c1cc(Br)ccc1O)N1CCCC(N2CCNCC2=O)C1. The quantitative estimate of drug-likeness (QED) is 0.806. The number of nitrogens with one attached hydrogen (secondary N) is 1. The maximum atomic E-state index is 12.7. The molecule has 3 rings (SSSR count). The molecule has 7 heteroatoms. The third-order valence-electron chi connectivity index (χ3n) is 4.44. The number of rotatable bonds is 2. The van der Waals surface area contributed by atoms with Crippen molar-refractivity contribution in [2.75, 3.05) is 32.7 Å². The number of nitrogens with zero attached hydrogens (tertiary/aromatic N) is 2. The predicted molar refractivity (Wildman–Crippen MR) is 89.3 cm³/mol. The number of amides is 2. The molecule has 23 heavy (non-hydrogen) atoms. The predicted octanol–water partition coefficient (Wildman–Crippen LogP) is 1.19. The smallest absolute Gasteiger partial charge is 0.257 e. The van der Waals surface area contributed by atoms with Gasteiger partial charge in [0.1, 0.15) is 5.75 Å². The van der Waals surface area contributed by atoms with Crippen LogP contribution < -0.4 is 5.32 Å². The molecule has 6 nitrogen and oxygen atoms in total. The van der Waals surface area contributed by atoms with Crippen molar-refractivity contribution in [2.24, 2.45) is 0 Å². The van der Waals surface area contributed by atoms with Gasteiger partial charge in [0.25, 0.3) is 5.91 Å². The van der Waals surface area contributed by atoms with Gasteiger partial charge in [-0.3, -0.25) is 9.59 Å². The largest absolute Gasteiger partial charge is 0.507 e. The minimum atomic E-state index is -0.184. The molecule has 2 aliphatic heterocycles. The molecular formula is C16H20BrN3O3. The molecule has 1 aromatic carbocycles. The highest BCUT2D eigenvalue weighted by molar-refractivity contribution is 9.10. The summed E-state index contributed by atoms with van der Waals surface area (Å²) >= 11 is 3.33.